The number of aliphatic hydroxyl groups is 3. The van der Waals surface area contributed by atoms with Gasteiger partial charge in [-0.05, 0) is 52.3 Å². The van der Waals surface area contributed by atoms with E-state index in [9.17, 15) is 15.3 Å². The number of fused-ring (bicyclic) bond motifs is 5. The summed E-state index contributed by atoms with van der Waals surface area (Å²) in [6.07, 6.45) is 0.584. The van der Waals surface area contributed by atoms with Crippen molar-refractivity contribution in [2.45, 2.75) is 42.4 Å². The Morgan fingerprint density at radius 3 is 2.48 bits per heavy atom. The number of benzene rings is 2. The molecule has 3 N–H and O–H groups in total. The number of rotatable bonds is 0. The largest absolute Gasteiger partial charge is 0.389 e. The molecule has 2 aliphatic rings. The first-order valence-corrected chi connectivity index (χ1v) is 8.26. The van der Waals surface area contributed by atoms with Gasteiger partial charge in [0, 0.05) is 0 Å². The maximum Gasteiger partial charge on any atom is 0.106 e. The third kappa shape index (κ3) is 1.83. The molecule has 110 valence electrons. The van der Waals surface area contributed by atoms with Crippen molar-refractivity contribution in [2.24, 2.45) is 0 Å². The highest BCUT2D eigenvalue weighted by atomic mass is 79.9. The van der Waals surface area contributed by atoms with E-state index in [1.165, 1.54) is 22.9 Å². The van der Waals surface area contributed by atoms with Crippen molar-refractivity contribution in [1.29, 1.82) is 0 Å². The van der Waals surface area contributed by atoms with Crippen molar-refractivity contribution in [1.82, 2.24) is 0 Å². The van der Waals surface area contributed by atoms with Crippen LogP contribution in [0.3, 0.4) is 0 Å². The molecule has 0 aliphatic heterocycles. The fourth-order valence-electron chi connectivity index (χ4n) is 3.83. The van der Waals surface area contributed by atoms with E-state index in [1.807, 2.05) is 18.2 Å². The Kier molecular flexibility index (Phi) is 3.12. The molecule has 0 spiro atoms. The van der Waals surface area contributed by atoms with Gasteiger partial charge in [0.25, 0.3) is 0 Å². The molecule has 0 amide bonds. The van der Waals surface area contributed by atoms with Gasteiger partial charge in [-0.2, -0.15) is 0 Å². The SMILES string of the molecule is O[C@@H]1[C@H](Br)[C@@H](O)c2c(ccc3c4c(ccc23)CCC4)[C@H]1O. The molecule has 0 unspecified atom stereocenters. The van der Waals surface area contributed by atoms with Gasteiger partial charge >= 0.3 is 0 Å². The Morgan fingerprint density at radius 1 is 0.905 bits per heavy atom. The fourth-order valence-corrected chi connectivity index (χ4v) is 4.38. The predicted octanol–water partition coefficient (Wildman–Crippen LogP) is 2.53. The van der Waals surface area contributed by atoms with Gasteiger partial charge in [-0.15, -0.1) is 0 Å². The summed E-state index contributed by atoms with van der Waals surface area (Å²) in [5.74, 6) is 0. The molecule has 4 atom stereocenters. The van der Waals surface area contributed by atoms with Crippen LogP contribution in [0.25, 0.3) is 10.8 Å². The molecule has 0 bridgehead atoms. The Hall–Kier alpha value is -0.940. The van der Waals surface area contributed by atoms with E-state index in [-0.39, 0.29) is 0 Å². The monoisotopic (exact) mass is 348 g/mol. The van der Waals surface area contributed by atoms with Crippen LogP contribution in [0.4, 0.5) is 0 Å². The number of alkyl halides is 1. The van der Waals surface area contributed by atoms with Crippen LogP contribution < -0.4 is 0 Å². The predicted molar refractivity (Wildman–Crippen MR) is 84.6 cm³/mol. The van der Waals surface area contributed by atoms with Crippen molar-refractivity contribution in [3.8, 4) is 0 Å². The van der Waals surface area contributed by atoms with Gasteiger partial charge in [0.15, 0.2) is 0 Å². The van der Waals surface area contributed by atoms with Crippen molar-refractivity contribution in [3.63, 3.8) is 0 Å². The molecule has 0 heterocycles. The maximum atomic E-state index is 10.5. The number of hydrogen-bond acceptors (Lipinski definition) is 3. The molecular formula is C17H17BrO3. The standard InChI is InChI=1S/C17H17BrO3/c18-14-16(20)13-11-5-4-8-2-1-3-9(8)10(11)6-7-12(13)15(19)17(14)21/h4-7,14-17,19-21H,1-3H2/t14-,15-,16+,17-/m1/s1. The molecule has 4 heteroatoms. The molecule has 3 nitrogen and oxygen atoms in total. The van der Waals surface area contributed by atoms with Gasteiger partial charge < -0.3 is 15.3 Å². The number of aliphatic hydroxyl groups excluding tert-OH is 3. The Balaban J connectivity index is 2.03. The molecule has 21 heavy (non-hydrogen) atoms. The van der Waals surface area contributed by atoms with E-state index in [0.717, 1.165) is 23.8 Å². The third-order valence-corrected chi connectivity index (χ3v) is 5.97. The van der Waals surface area contributed by atoms with E-state index in [4.69, 9.17) is 0 Å². The van der Waals surface area contributed by atoms with Gasteiger partial charge in [-0.3, -0.25) is 0 Å². The molecule has 0 aromatic heterocycles. The highest BCUT2D eigenvalue weighted by molar-refractivity contribution is 9.09. The summed E-state index contributed by atoms with van der Waals surface area (Å²) in [4.78, 5) is -0.557. The van der Waals surface area contributed by atoms with E-state index >= 15 is 0 Å². The van der Waals surface area contributed by atoms with E-state index in [0.29, 0.717) is 5.56 Å². The summed E-state index contributed by atoms with van der Waals surface area (Å²) in [5, 5.41) is 33.0. The molecule has 2 aromatic carbocycles. The average Bonchev–Trinajstić information content (AvgIpc) is 2.98. The lowest BCUT2D eigenvalue weighted by molar-refractivity contribution is -0.0205. The second-order valence-electron chi connectivity index (χ2n) is 6.05. The van der Waals surface area contributed by atoms with E-state index in [2.05, 4.69) is 22.0 Å². The fraction of sp³-hybridized carbons (Fsp3) is 0.412. The van der Waals surface area contributed by atoms with Crippen LogP contribution >= 0.6 is 15.9 Å². The van der Waals surface area contributed by atoms with Crippen LogP contribution in [0, 0.1) is 0 Å². The minimum Gasteiger partial charge on any atom is -0.389 e. The van der Waals surface area contributed by atoms with Crippen molar-refractivity contribution < 1.29 is 15.3 Å². The van der Waals surface area contributed by atoms with Gasteiger partial charge in [0.05, 0.1) is 17.0 Å². The highest BCUT2D eigenvalue weighted by Crippen LogP contribution is 2.44. The summed E-state index contributed by atoms with van der Waals surface area (Å²) >= 11 is 3.32. The van der Waals surface area contributed by atoms with Crippen LogP contribution in [0.15, 0.2) is 24.3 Å². The van der Waals surface area contributed by atoms with Crippen LogP contribution in [0.1, 0.15) is 40.9 Å². The van der Waals surface area contributed by atoms with Gasteiger partial charge in [-0.25, -0.2) is 0 Å². The van der Waals surface area contributed by atoms with Gasteiger partial charge in [0.2, 0.25) is 0 Å². The number of hydrogen-bond donors (Lipinski definition) is 3. The summed E-state index contributed by atoms with van der Waals surface area (Å²) in [6.45, 7) is 0. The molecule has 0 saturated carbocycles. The first-order chi connectivity index (χ1) is 10.1. The quantitative estimate of drug-likeness (QED) is 0.641. The summed E-state index contributed by atoms with van der Waals surface area (Å²) in [7, 11) is 0. The normalized spacial score (nSPS) is 31.2. The number of aryl methyl sites for hydroxylation is 2. The Morgan fingerprint density at radius 2 is 1.67 bits per heavy atom. The minimum atomic E-state index is -1.00. The van der Waals surface area contributed by atoms with Crippen molar-refractivity contribution in [3.05, 3.63) is 46.5 Å². The maximum absolute atomic E-state index is 10.5. The van der Waals surface area contributed by atoms with E-state index in [1.54, 1.807) is 0 Å². The Bertz CT molecular complexity index is 728. The average molecular weight is 349 g/mol. The topological polar surface area (TPSA) is 60.7 Å². The van der Waals surface area contributed by atoms with Crippen LogP contribution in [0.5, 0.6) is 0 Å². The molecule has 0 radical (unpaired) electrons. The van der Waals surface area contributed by atoms with Crippen molar-refractivity contribution >= 4 is 26.7 Å². The summed E-state index contributed by atoms with van der Waals surface area (Å²) < 4.78 is 0. The summed E-state index contributed by atoms with van der Waals surface area (Å²) in [6, 6.07) is 8.06. The lowest BCUT2D eigenvalue weighted by Crippen LogP contribution is -2.38. The molecule has 0 saturated heterocycles. The van der Waals surface area contributed by atoms with Crippen LogP contribution in [-0.4, -0.2) is 26.3 Å². The lowest BCUT2D eigenvalue weighted by Gasteiger charge is -2.35. The zero-order chi connectivity index (χ0) is 14.7. The smallest absolute Gasteiger partial charge is 0.106 e. The van der Waals surface area contributed by atoms with Crippen LogP contribution in [-0.2, 0) is 12.8 Å². The van der Waals surface area contributed by atoms with Crippen LogP contribution in [0.2, 0.25) is 0 Å². The highest BCUT2D eigenvalue weighted by Gasteiger charge is 2.40. The molecule has 2 aromatic rings. The first-order valence-electron chi connectivity index (χ1n) is 7.35. The van der Waals surface area contributed by atoms with Crippen molar-refractivity contribution in [2.75, 3.05) is 0 Å². The zero-order valence-corrected chi connectivity index (χ0v) is 13.0. The second-order valence-corrected chi connectivity index (χ2v) is 7.10. The molecule has 2 aliphatic carbocycles. The molecular weight excluding hydrogens is 332 g/mol. The first kappa shape index (κ1) is 13.7. The summed E-state index contributed by atoms with van der Waals surface area (Å²) in [5.41, 5.74) is 4.15. The third-order valence-electron chi connectivity index (χ3n) is 4.92. The minimum absolute atomic E-state index is 0.557. The van der Waals surface area contributed by atoms with E-state index < -0.39 is 23.1 Å². The van der Waals surface area contributed by atoms with Gasteiger partial charge in [0.1, 0.15) is 6.10 Å². The number of halogens is 1. The molecule has 0 fully saturated rings. The Labute approximate surface area is 131 Å². The second kappa shape index (κ2) is 4.78. The lowest BCUT2D eigenvalue weighted by atomic mass is 9.81. The zero-order valence-electron chi connectivity index (χ0n) is 11.5. The molecule has 4 rings (SSSR count). The van der Waals surface area contributed by atoms with Gasteiger partial charge in [-0.1, -0.05) is 40.2 Å².